The van der Waals surface area contributed by atoms with Gasteiger partial charge in [-0.05, 0) is 30.4 Å². The maximum atomic E-state index is 13.0. The monoisotopic (exact) mass is 403 g/mol. The predicted molar refractivity (Wildman–Crippen MR) is 99.8 cm³/mol. The van der Waals surface area contributed by atoms with Crippen LogP contribution in [0.1, 0.15) is 45.1 Å². The maximum absolute atomic E-state index is 13.0. The molecule has 1 aliphatic carbocycles. The number of nitrogens with one attached hydrogen (secondary N) is 1. The summed E-state index contributed by atoms with van der Waals surface area (Å²) in [6.45, 7) is 6.06. The topological polar surface area (TPSA) is 55.4 Å². The summed E-state index contributed by atoms with van der Waals surface area (Å²) in [5.74, 6) is -0.730. The van der Waals surface area contributed by atoms with Crippen molar-refractivity contribution >= 4 is 27.7 Å². The summed E-state index contributed by atoms with van der Waals surface area (Å²) in [5, 5.41) is 3.31. The van der Waals surface area contributed by atoms with Crippen molar-refractivity contribution in [3.8, 4) is 0 Å². The standard InChI is InChI=1S/C20H22BrNO3/c1-11-16(19(24)25-4)17(12-7-5-6-8-13(12)21)18-14(22-11)9-20(2,3)10-15(18)23/h5-8,17,22H,9-10H2,1-4H3/t17-/m1/s1. The van der Waals surface area contributed by atoms with E-state index >= 15 is 0 Å². The van der Waals surface area contributed by atoms with Crippen LogP contribution in [0, 0.1) is 5.41 Å². The Morgan fingerprint density at radius 1 is 1.28 bits per heavy atom. The van der Waals surface area contributed by atoms with E-state index in [4.69, 9.17) is 4.74 Å². The van der Waals surface area contributed by atoms with Crippen molar-refractivity contribution in [2.75, 3.05) is 7.11 Å². The molecule has 0 unspecified atom stereocenters. The summed E-state index contributed by atoms with van der Waals surface area (Å²) >= 11 is 3.58. The molecule has 0 fully saturated rings. The van der Waals surface area contributed by atoms with Gasteiger partial charge in [0.1, 0.15) is 0 Å². The first-order valence-corrected chi connectivity index (χ1v) is 9.11. The SMILES string of the molecule is COC(=O)C1=C(C)NC2=C(C(=O)CC(C)(C)C2)[C@@H]1c1ccccc1Br. The summed E-state index contributed by atoms with van der Waals surface area (Å²) in [4.78, 5) is 25.5. The second kappa shape index (κ2) is 6.45. The highest BCUT2D eigenvalue weighted by Crippen LogP contribution is 2.47. The second-order valence-corrected chi connectivity index (χ2v) is 8.30. The smallest absolute Gasteiger partial charge is 0.336 e. The normalized spacial score (nSPS) is 22.4. The predicted octanol–water partition coefficient (Wildman–Crippen LogP) is 4.23. The number of ketones is 1. The summed E-state index contributed by atoms with van der Waals surface area (Å²) < 4.78 is 5.90. The van der Waals surface area contributed by atoms with Gasteiger partial charge < -0.3 is 10.1 Å². The number of hydrogen-bond donors (Lipinski definition) is 1. The van der Waals surface area contributed by atoms with Crippen molar-refractivity contribution in [1.82, 2.24) is 5.32 Å². The lowest BCUT2D eigenvalue weighted by atomic mass is 9.68. The molecular formula is C20H22BrNO3. The molecule has 3 rings (SSSR count). The average molecular weight is 404 g/mol. The van der Waals surface area contributed by atoms with Crippen molar-refractivity contribution in [2.24, 2.45) is 5.41 Å². The van der Waals surface area contributed by atoms with E-state index in [1.165, 1.54) is 7.11 Å². The molecule has 1 N–H and O–H groups in total. The zero-order valence-electron chi connectivity index (χ0n) is 14.9. The first kappa shape index (κ1) is 17.9. The molecule has 1 heterocycles. The molecule has 132 valence electrons. The van der Waals surface area contributed by atoms with Gasteiger partial charge in [-0.25, -0.2) is 4.79 Å². The summed E-state index contributed by atoms with van der Waals surface area (Å²) in [6.07, 6.45) is 1.25. The van der Waals surface area contributed by atoms with Crippen LogP contribution in [0.5, 0.6) is 0 Å². The molecule has 0 amide bonds. The van der Waals surface area contributed by atoms with Gasteiger partial charge >= 0.3 is 5.97 Å². The number of halogens is 1. The zero-order chi connectivity index (χ0) is 18.4. The lowest BCUT2D eigenvalue weighted by Gasteiger charge is -2.39. The van der Waals surface area contributed by atoms with Crippen LogP contribution in [-0.2, 0) is 14.3 Å². The average Bonchev–Trinajstić information content (AvgIpc) is 2.52. The summed E-state index contributed by atoms with van der Waals surface area (Å²) in [5.41, 5.74) is 3.68. The highest BCUT2D eigenvalue weighted by atomic mass is 79.9. The molecular weight excluding hydrogens is 382 g/mol. The minimum atomic E-state index is -0.414. The van der Waals surface area contributed by atoms with Crippen molar-refractivity contribution in [3.05, 3.63) is 56.8 Å². The molecule has 1 atom stereocenters. The number of carbonyl (C=O) groups is 2. The molecule has 2 aliphatic rings. The van der Waals surface area contributed by atoms with Gasteiger partial charge in [-0.1, -0.05) is 48.0 Å². The minimum absolute atomic E-state index is 0.0911. The van der Waals surface area contributed by atoms with Gasteiger partial charge in [0, 0.05) is 33.8 Å². The quantitative estimate of drug-likeness (QED) is 0.750. The number of rotatable bonds is 2. The van der Waals surface area contributed by atoms with Crippen molar-refractivity contribution in [2.45, 2.75) is 39.5 Å². The van der Waals surface area contributed by atoms with Crippen LogP contribution >= 0.6 is 15.9 Å². The molecule has 0 saturated carbocycles. The third-order valence-electron chi connectivity index (χ3n) is 4.86. The van der Waals surface area contributed by atoms with E-state index in [1.807, 2.05) is 31.2 Å². The molecule has 1 aromatic carbocycles. The Labute approximate surface area is 156 Å². The Kier molecular flexibility index (Phi) is 4.62. The van der Waals surface area contributed by atoms with Gasteiger partial charge in [0.15, 0.2) is 5.78 Å². The summed E-state index contributed by atoms with van der Waals surface area (Å²) in [7, 11) is 1.37. The van der Waals surface area contributed by atoms with E-state index in [9.17, 15) is 9.59 Å². The third-order valence-corrected chi connectivity index (χ3v) is 5.58. The van der Waals surface area contributed by atoms with Gasteiger partial charge in [0.05, 0.1) is 12.7 Å². The molecule has 0 bridgehead atoms. The molecule has 0 spiro atoms. The molecule has 5 heteroatoms. The van der Waals surface area contributed by atoms with Crippen LogP contribution in [-0.4, -0.2) is 18.9 Å². The van der Waals surface area contributed by atoms with E-state index in [1.54, 1.807) is 0 Å². The Balaban J connectivity index is 2.24. The fourth-order valence-corrected chi connectivity index (χ4v) is 4.35. The van der Waals surface area contributed by atoms with Gasteiger partial charge in [-0.3, -0.25) is 4.79 Å². The molecule has 25 heavy (non-hydrogen) atoms. The van der Waals surface area contributed by atoms with Gasteiger partial charge in [0.2, 0.25) is 0 Å². The largest absolute Gasteiger partial charge is 0.466 e. The summed E-state index contributed by atoms with van der Waals surface area (Å²) in [6, 6.07) is 7.72. The first-order valence-electron chi connectivity index (χ1n) is 8.32. The second-order valence-electron chi connectivity index (χ2n) is 7.44. The Morgan fingerprint density at radius 2 is 1.96 bits per heavy atom. The first-order chi connectivity index (χ1) is 11.7. The number of esters is 1. The maximum Gasteiger partial charge on any atom is 0.336 e. The zero-order valence-corrected chi connectivity index (χ0v) is 16.5. The van der Waals surface area contributed by atoms with Crippen LogP contribution in [0.25, 0.3) is 0 Å². The molecule has 1 aliphatic heterocycles. The Bertz CT molecular complexity index is 820. The highest BCUT2D eigenvalue weighted by molar-refractivity contribution is 9.10. The van der Waals surface area contributed by atoms with Gasteiger partial charge in [0.25, 0.3) is 0 Å². The number of methoxy groups -OCH3 is 1. The van der Waals surface area contributed by atoms with Crippen molar-refractivity contribution in [1.29, 1.82) is 0 Å². The van der Waals surface area contributed by atoms with E-state index < -0.39 is 11.9 Å². The number of dihydropyridines is 1. The van der Waals surface area contributed by atoms with Crippen LogP contribution in [0.15, 0.2) is 51.3 Å². The van der Waals surface area contributed by atoms with E-state index in [-0.39, 0.29) is 11.2 Å². The highest BCUT2D eigenvalue weighted by Gasteiger charge is 2.43. The van der Waals surface area contributed by atoms with Crippen LogP contribution in [0.4, 0.5) is 0 Å². The van der Waals surface area contributed by atoms with Gasteiger partial charge in [-0.15, -0.1) is 0 Å². The molecule has 0 aromatic heterocycles. The number of Topliss-reactive ketones (excluding diaryl/α,β-unsaturated/α-hetero) is 1. The number of ether oxygens (including phenoxy) is 1. The van der Waals surface area contributed by atoms with Crippen LogP contribution < -0.4 is 5.32 Å². The molecule has 1 aromatic rings. The molecule has 0 saturated heterocycles. The van der Waals surface area contributed by atoms with E-state index in [2.05, 4.69) is 35.1 Å². The lowest BCUT2D eigenvalue weighted by Crippen LogP contribution is -2.38. The van der Waals surface area contributed by atoms with Crippen LogP contribution in [0.2, 0.25) is 0 Å². The molecule has 4 nitrogen and oxygen atoms in total. The fraction of sp³-hybridized carbons (Fsp3) is 0.400. The number of allylic oxidation sites excluding steroid dienone is 3. The number of hydrogen-bond acceptors (Lipinski definition) is 4. The molecule has 0 radical (unpaired) electrons. The van der Waals surface area contributed by atoms with E-state index in [0.717, 1.165) is 27.9 Å². The van der Waals surface area contributed by atoms with E-state index in [0.29, 0.717) is 17.6 Å². The minimum Gasteiger partial charge on any atom is -0.466 e. The number of benzene rings is 1. The lowest BCUT2D eigenvalue weighted by molar-refractivity contribution is -0.136. The van der Waals surface area contributed by atoms with Crippen molar-refractivity contribution in [3.63, 3.8) is 0 Å². The van der Waals surface area contributed by atoms with Crippen molar-refractivity contribution < 1.29 is 14.3 Å². The Hall–Kier alpha value is -1.88. The Morgan fingerprint density at radius 3 is 2.60 bits per heavy atom. The van der Waals surface area contributed by atoms with Gasteiger partial charge in [-0.2, -0.15) is 0 Å². The third kappa shape index (κ3) is 3.17. The number of carbonyl (C=O) groups excluding carboxylic acids is 2. The van der Waals surface area contributed by atoms with Crippen LogP contribution in [0.3, 0.4) is 0 Å². The fourth-order valence-electron chi connectivity index (χ4n) is 3.84.